The molecule has 1 atom stereocenters. The average molecular weight is 1040 g/mol. The first-order valence-corrected chi connectivity index (χ1v) is 30.3. The first-order valence-electron chi connectivity index (χ1n) is 30.3. The molecule has 6 nitrogen and oxygen atoms in total. The van der Waals surface area contributed by atoms with Gasteiger partial charge in [0.2, 0.25) is 0 Å². The van der Waals surface area contributed by atoms with Gasteiger partial charge in [-0.05, 0) is 128 Å². The lowest BCUT2D eigenvalue weighted by atomic mass is 10.1. The largest absolute Gasteiger partial charge is 0.462 e. The molecule has 0 aliphatic rings. The molecule has 6 heteroatoms. The zero-order chi connectivity index (χ0) is 54.3. The van der Waals surface area contributed by atoms with Crippen molar-refractivity contribution in [3.05, 3.63) is 146 Å². The fraction of sp³-hybridized carbons (Fsp3) is 0.609. The zero-order valence-corrected chi connectivity index (χ0v) is 48.3. The molecule has 0 rings (SSSR count). The number of allylic oxidation sites excluding steroid dienone is 24. The molecule has 0 spiro atoms. The molecule has 0 bridgehead atoms. The summed E-state index contributed by atoms with van der Waals surface area (Å²) in [6.45, 7) is 6.31. The van der Waals surface area contributed by atoms with Crippen LogP contribution in [0.15, 0.2) is 146 Å². The van der Waals surface area contributed by atoms with Gasteiger partial charge in [-0.2, -0.15) is 0 Å². The molecule has 0 fully saturated rings. The van der Waals surface area contributed by atoms with Crippen molar-refractivity contribution in [3.8, 4) is 0 Å². The van der Waals surface area contributed by atoms with Gasteiger partial charge in [0.15, 0.2) is 6.10 Å². The molecule has 0 aromatic heterocycles. The molecule has 1 unspecified atom stereocenters. The van der Waals surface area contributed by atoms with E-state index in [1.165, 1.54) is 83.5 Å². The van der Waals surface area contributed by atoms with E-state index in [-0.39, 0.29) is 31.6 Å². The van der Waals surface area contributed by atoms with Crippen LogP contribution in [0.5, 0.6) is 0 Å². The summed E-state index contributed by atoms with van der Waals surface area (Å²) in [7, 11) is 0. The maximum absolute atomic E-state index is 12.9. The maximum Gasteiger partial charge on any atom is 0.306 e. The number of unbranched alkanes of at least 4 members (excludes halogenated alkanes) is 18. The number of rotatable bonds is 53. The zero-order valence-electron chi connectivity index (χ0n) is 48.3. The minimum atomic E-state index is -0.833. The number of carbonyl (C=O) groups excluding carboxylic acids is 3. The van der Waals surface area contributed by atoms with Crippen LogP contribution in [0, 0.1) is 0 Å². The average Bonchev–Trinajstić information content (AvgIpc) is 3.41. The second kappa shape index (κ2) is 61.8. The number of ether oxygens (including phenoxy) is 3. The lowest BCUT2D eigenvalue weighted by molar-refractivity contribution is -0.166. The predicted molar refractivity (Wildman–Crippen MR) is 325 cm³/mol. The first-order chi connectivity index (χ1) is 37.0. The van der Waals surface area contributed by atoms with Crippen molar-refractivity contribution in [2.45, 2.75) is 258 Å². The molecule has 0 heterocycles. The fourth-order valence-corrected chi connectivity index (χ4v) is 7.84. The van der Waals surface area contributed by atoms with Crippen molar-refractivity contribution in [1.82, 2.24) is 0 Å². The Bertz CT molecular complexity index is 1660. The van der Waals surface area contributed by atoms with Crippen LogP contribution in [0.2, 0.25) is 0 Å². The fourth-order valence-electron chi connectivity index (χ4n) is 7.84. The molecule has 0 N–H and O–H groups in total. The SMILES string of the molecule is CC/C=C\C/C=C\C/C=C\C/C=C\C/C=C\C/C=C\CCC(=O)OC(COC(=O)CCCCCCCCC/C=C\C/C=C\CCCCC)COC(=O)CCCCCCCCCC/C=C\C/C=C\C/C=C\C/C=C\CC. The summed E-state index contributed by atoms with van der Waals surface area (Å²) in [5, 5.41) is 0. The lowest BCUT2D eigenvalue weighted by Gasteiger charge is -2.18. The highest BCUT2D eigenvalue weighted by molar-refractivity contribution is 5.71. The van der Waals surface area contributed by atoms with Crippen LogP contribution in [0.1, 0.15) is 252 Å². The molecule has 422 valence electrons. The highest BCUT2D eigenvalue weighted by atomic mass is 16.6. The second-order valence-corrected chi connectivity index (χ2v) is 19.5. The van der Waals surface area contributed by atoms with Gasteiger partial charge in [0.1, 0.15) is 13.2 Å². The third kappa shape index (κ3) is 60.0. The summed E-state index contributed by atoms with van der Waals surface area (Å²) >= 11 is 0. The maximum atomic E-state index is 12.9. The first kappa shape index (κ1) is 70.3. The lowest BCUT2D eigenvalue weighted by Crippen LogP contribution is -2.30. The molecule has 0 aromatic rings. The van der Waals surface area contributed by atoms with Crippen molar-refractivity contribution in [1.29, 1.82) is 0 Å². The van der Waals surface area contributed by atoms with Crippen LogP contribution in [0.4, 0.5) is 0 Å². The van der Waals surface area contributed by atoms with E-state index in [1.54, 1.807) is 0 Å². The molecule has 0 saturated carbocycles. The third-order valence-corrected chi connectivity index (χ3v) is 12.3. The van der Waals surface area contributed by atoms with Crippen molar-refractivity contribution in [3.63, 3.8) is 0 Å². The van der Waals surface area contributed by atoms with Gasteiger partial charge in [0.05, 0.1) is 0 Å². The summed E-state index contributed by atoms with van der Waals surface area (Å²) in [5.74, 6) is -1.02. The van der Waals surface area contributed by atoms with Gasteiger partial charge >= 0.3 is 17.9 Å². The van der Waals surface area contributed by atoms with Crippen molar-refractivity contribution in [2.24, 2.45) is 0 Å². The monoisotopic (exact) mass is 1030 g/mol. The molecule has 0 saturated heterocycles. The molecule has 0 aliphatic carbocycles. The van der Waals surface area contributed by atoms with Gasteiger partial charge < -0.3 is 14.2 Å². The molecule has 0 aliphatic heterocycles. The van der Waals surface area contributed by atoms with Crippen LogP contribution in [-0.2, 0) is 28.6 Å². The van der Waals surface area contributed by atoms with Crippen LogP contribution in [-0.4, -0.2) is 37.2 Å². The summed E-state index contributed by atoms with van der Waals surface area (Å²) in [5.41, 5.74) is 0. The number of hydrogen-bond acceptors (Lipinski definition) is 6. The third-order valence-electron chi connectivity index (χ3n) is 12.3. The van der Waals surface area contributed by atoms with E-state index in [0.717, 1.165) is 122 Å². The van der Waals surface area contributed by atoms with Gasteiger partial charge in [0.25, 0.3) is 0 Å². The van der Waals surface area contributed by atoms with Gasteiger partial charge in [-0.15, -0.1) is 0 Å². The Labute approximate surface area is 461 Å². The van der Waals surface area contributed by atoms with Crippen LogP contribution >= 0.6 is 0 Å². The number of hydrogen-bond donors (Lipinski definition) is 0. The smallest absolute Gasteiger partial charge is 0.306 e. The van der Waals surface area contributed by atoms with Crippen LogP contribution < -0.4 is 0 Å². The molecule has 0 radical (unpaired) electrons. The summed E-state index contributed by atoms with van der Waals surface area (Å²) < 4.78 is 16.8. The van der Waals surface area contributed by atoms with E-state index >= 15 is 0 Å². The predicted octanol–water partition coefficient (Wildman–Crippen LogP) is 20.8. The topological polar surface area (TPSA) is 78.9 Å². The van der Waals surface area contributed by atoms with E-state index in [1.807, 2.05) is 12.2 Å². The van der Waals surface area contributed by atoms with E-state index < -0.39 is 12.1 Å². The molecule has 0 amide bonds. The number of carbonyl (C=O) groups is 3. The normalized spacial score (nSPS) is 13.2. The Hall–Kier alpha value is -4.71. The Morgan fingerprint density at radius 1 is 0.280 bits per heavy atom. The van der Waals surface area contributed by atoms with E-state index in [9.17, 15) is 14.4 Å². The van der Waals surface area contributed by atoms with Crippen molar-refractivity contribution in [2.75, 3.05) is 13.2 Å². The quantitative estimate of drug-likeness (QED) is 0.0261. The molecule has 0 aromatic carbocycles. The van der Waals surface area contributed by atoms with Crippen molar-refractivity contribution < 1.29 is 28.6 Å². The van der Waals surface area contributed by atoms with Crippen molar-refractivity contribution >= 4 is 17.9 Å². The van der Waals surface area contributed by atoms with E-state index in [4.69, 9.17) is 14.2 Å². The summed E-state index contributed by atoms with van der Waals surface area (Å²) in [6.07, 6.45) is 88.5. The molecular formula is C69H110O6. The summed E-state index contributed by atoms with van der Waals surface area (Å²) in [4.78, 5) is 38.3. The van der Waals surface area contributed by atoms with E-state index in [2.05, 4.69) is 154 Å². The van der Waals surface area contributed by atoms with E-state index in [0.29, 0.717) is 19.3 Å². The van der Waals surface area contributed by atoms with Gasteiger partial charge in [-0.25, -0.2) is 0 Å². The minimum Gasteiger partial charge on any atom is -0.462 e. The minimum absolute atomic E-state index is 0.120. The van der Waals surface area contributed by atoms with Gasteiger partial charge in [-0.1, -0.05) is 250 Å². The standard InChI is InChI=1S/C69H110O6/c1-4-7-10-13-16-19-22-25-28-31-33-34-36-38-41-44-47-50-53-56-59-62-68(71)74-65-66(64-73-67(70)61-58-55-52-49-46-43-40-37-30-27-24-21-18-15-12-9-6-3)75-69(72)63-60-57-54-51-48-45-42-39-35-32-29-26-23-20-17-14-11-8-5-2/h7-8,10-11,16-21,25-30,33-35,39,45,48,54,57,66H,4-6,9,12-15,22-24,31-32,36-38,40-44,46-47,49-53,55-56,58-65H2,1-3H3/b10-7-,11-8-,19-16-,20-17-,21-18-,28-25-,29-26-,30-27-,34-33-,39-35-,48-45-,57-54-. The van der Waals surface area contributed by atoms with Crippen LogP contribution in [0.3, 0.4) is 0 Å². The second-order valence-electron chi connectivity index (χ2n) is 19.5. The highest BCUT2D eigenvalue weighted by Crippen LogP contribution is 2.14. The Morgan fingerprint density at radius 2 is 0.547 bits per heavy atom. The summed E-state index contributed by atoms with van der Waals surface area (Å²) in [6, 6.07) is 0. The highest BCUT2D eigenvalue weighted by Gasteiger charge is 2.19. The van der Waals surface area contributed by atoms with Gasteiger partial charge in [-0.3, -0.25) is 14.4 Å². The Kier molecular flexibility index (Phi) is 58.0. The molecule has 75 heavy (non-hydrogen) atoms. The molecular weight excluding hydrogens is 925 g/mol. The Morgan fingerprint density at radius 3 is 0.867 bits per heavy atom. The Balaban J connectivity index is 4.54. The van der Waals surface area contributed by atoms with Gasteiger partial charge in [0, 0.05) is 19.3 Å². The van der Waals surface area contributed by atoms with Crippen LogP contribution in [0.25, 0.3) is 0 Å². The number of esters is 3.